The Kier molecular flexibility index (Phi) is 4.35. The van der Waals surface area contributed by atoms with Gasteiger partial charge in [-0.2, -0.15) is 15.0 Å². The van der Waals surface area contributed by atoms with Gasteiger partial charge in [-0.15, -0.1) is 0 Å². The van der Waals surface area contributed by atoms with Gasteiger partial charge in [0.2, 0.25) is 5.95 Å². The van der Waals surface area contributed by atoms with Crippen molar-refractivity contribution in [2.75, 3.05) is 18.2 Å². The smallest absolute Gasteiger partial charge is 0.252 e. The van der Waals surface area contributed by atoms with Crippen molar-refractivity contribution in [1.82, 2.24) is 34.5 Å². The van der Waals surface area contributed by atoms with E-state index in [1.165, 1.54) is 19.5 Å². The van der Waals surface area contributed by atoms with E-state index in [1.807, 2.05) is 41.8 Å². The SMILES string of the molecule is COc1nc2c(cc1F)nc([C@H](C)Nc1nc(N)nc3[nH]cnc13)n2-c1ccccc1. The van der Waals surface area contributed by atoms with E-state index in [1.54, 1.807) is 0 Å². The van der Waals surface area contributed by atoms with E-state index in [9.17, 15) is 4.39 Å². The lowest BCUT2D eigenvalue weighted by Crippen LogP contribution is -2.15. The van der Waals surface area contributed by atoms with E-state index in [0.29, 0.717) is 34.0 Å². The molecule has 0 spiro atoms. The van der Waals surface area contributed by atoms with E-state index in [2.05, 4.69) is 35.2 Å². The van der Waals surface area contributed by atoms with Crippen molar-refractivity contribution in [2.24, 2.45) is 0 Å². The number of nitrogen functional groups attached to an aromatic ring is 1. The van der Waals surface area contributed by atoms with Crippen LogP contribution in [0.1, 0.15) is 18.8 Å². The van der Waals surface area contributed by atoms with Crippen LogP contribution in [0, 0.1) is 5.82 Å². The molecule has 4 aromatic heterocycles. The number of pyridine rings is 1. The number of H-pyrrole nitrogens is 1. The average Bonchev–Trinajstić information content (AvgIpc) is 3.38. The van der Waals surface area contributed by atoms with Crippen molar-refractivity contribution in [3.05, 3.63) is 54.4 Å². The Bertz CT molecular complexity index is 1400. The number of aromatic amines is 1. The summed E-state index contributed by atoms with van der Waals surface area (Å²) < 4.78 is 21.2. The number of aromatic nitrogens is 7. The summed E-state index contributed by atoms with van der Waals surface area (Å²) in [5, 5.41) is 3.29. The predicted octanol–water partition coefficient (Wildman–Crippen LogP) is 2.99. The Hall–Kier alpha value is -4.28. The molecular weight excluding hydrogens is 401 g/mol. The number of nitrogens with one attached hydrogen (secondary N) is 2. The molecule has 0 aliphatic rings. The van der Waals surface area contributed by atoms with Crippen LogP contribution >= 0.6 is 0 Å². The van der Waals surface area contributed by atoms with Crippen LogP contribution in [0.15, 0.2) is 42.7 Å². The van der Waals surface area contributed by atoms with Crippen LogP contribution < -0.4 is 15.8 Å². The third-order valence-corrected chi connectivity index (χ3v) is 4.82. The molecule has 0 aliphatic heterocycles. The fourth-order valence-corrected chi connectivity index (χ4v) is 3.47. The molecule has 4 heterocycles. The van der Waals surface area contributed by atoms with Gasteiger partial charge in [0.1, 0.15) is 16.9 Å². The maximum absolute atomic E-state index is 14.3. The van der Waals surface area contributed by atoms with E-state index in [0.717, 1.165) is 5.69 Å². The summed E-state index contributed by atoms with van der Waals surface area (Å²) in [7, 11) is 1.38. The van der Waals surface area contributed by atoms with Crippen LogP contribution in [0.3, 0.4) is 0 Å². The number of rotatable bonds is 5. The average molecular weight is 419 g/mol. The van der Waals surface area contributed by atoms with Gasteiger partial charge in [0, 0.05) is 11.8 Å². The summed E-state index contributed by atoms with van der Waals surface area (Å²) in [5.41, 5.74) is 8.60. The van der Waals surface area contributed by atoms with Crippen molar-refractivity contribution in [1.29, 1.82) is 0 Å². The molecule has 5 rings (SSSR count). The molecule has 0 unspecified atom stereocenters. The topological polar surface area (TPSA) is 132 Å². The molecule has 0 aliphatic carbocycles. The summed E-state index contributed by atoms with van der Waals surface area (Å²) in [6.45, 7) is 1.91. The Morgan fingerprint density at radius 1 is 1.16 bits per heavy atom. The van der Waals surface area contributed by atoms with Crippen LogP contribution in [-0.4, -0.2) is 41.6 Å². The number of methoxy groups -OCH3 is 1. The highest BCUT2D eigenvalue weighted by Crippen LogP contribution is 2.30. The number of ether oxygens (including phenoxy) is 1. The zero-order valence-corrected chi connectivity index (χ0v) is 16.7. The molecule has 0 amide bonds. The molecule has 4 N–H and O–H groups in total. The van der Waals surface area contributed by atoms with E-state index in [4.69, 9.17) is 10.5 Å². The first-order chi connectivity index (χ1) is 15.0. The van der Waals surface area contributed by atoms with E-state index >= 15 is 0 Å². The Labute approximate surface area is 175 Å². The van der Waals surface area contributed by atoms with Crippen LogP contribution in [0.4, 0.5) is 16.2 Å². The highest BCUT2D eigenvalue weighted by Gasteiger charge is 2.22. The molecule has 10 nitrogen and oxygen atoms in total. The van der Waals surface area contributed by atoms with Gasteiger partial charge in [-0.05, 0) is 19.1 Å². The lowest BCUT2D eigenvalue weighted by Gasteiger charge is -2.17. The first-order valence-electron chi connectivity index (χ1n) is 9.46. The molecule has 0 saturated carbocycles. The Morgan fingerprint density at radius 2 is 1.97 bits per heavy atom. The van der Waals surface area contributed by atoms with Crippen LogP contribution in [0.25, 0.3) is 28.0 Å². The number of halogens is 1. The highest BCUT2D eigenvalue weighted by molar-refractivity contribution is 5.83. The van der Waals surface area contributed by atoms with Crippen molar-refractivity contribution in [3.8, 4) is 11.6 Å². The second-order valence-electron chi connectivity index (χ2n) is 6.86. The summed E-state index contributed by atoms with van der Waals surface area (Å²) >= 11 is 0. The number of hydrogen-bond acceptors (Lipinski definition) is 8. The van der Waals surface area contributed by atoms with Crippen LogP contribution in [0.2, 0.25) is 0 Å². The van der Waals surface area contributed by atoms with E-state index in [-0.39, 0.29) is 17.9 Å². The van der Waals surface area contributed by atoms with Crippen molar-refractivity contribution in [3.63, 3.8) is 0 Å². The molecule has 31 heavy (non-hydrogen) atoms. The van der Waals surface area contributed by atoms with Gasteiger partial charge >= 0.3 is 0 Å². The molecule has 1 atom stereocenters. The quantitative estimate of drug-likeness (QED) is 0.396. The third kappa shape index (κ3) is 3.16. The van der Waals surface area contributed by atoms with Gasteiger partial charge in [0.25, 0.3) is 5.88 Å². The lowest BCUT2D eigenvalue weighted by atomic mass is 10.2. The zero-order chi connectivity index (χ0) is 21.5. The first kappa shape index (κ1) is 18.7. The van der Waals surface area contributed by atoms with E-state index < -0.39 is 5.82 Å². The van der Waals surface area contributed by atoms with Gasteiger partial charge < -0.3 is 20.8 Å². The van der Waals surface area contributed by atoms with Crippen molar-refractivity contribution in [2.45, 2.75) is 13.0 Å². The van der Waals surface area contributed by atoms with Crippen LogP contribution in [-0.2, 0) is 0 Å². The van der Waals surface area contributed by atoms with Gasteiger partial charge in [-0.1, -0.05) is 18.2 Å². The van der Waals surface area contributed by atoms with Crippen molar-refractivity contribution >= 4 is 34.1 Å². The van der Waals surface area contributed by atoms with Gasteiger partial charge in [-0.25, -0.2) is 14.4 Å². The summed E-state index contributed by atoms with van der Waals surface area (Å²) in [6.07, 6.45) is 1.52. The minimum absolute atomic E-state index is 0.0986. The van der Waals surface area contributed by atoms with Gasteiger partial charge in [0.05, 0.1) is 19.5 Å². The minimum Gasteiger partial charge on any atom is -0.479 e. The molecule has 0 radical (unpaired) electrons. The van der Waals surface area contributed by atoms with Gasteiger partial charge in [-0.3, -0.25) is 4.57 Å². The molecule has 156 valence electrons. The number of para-hydroxylation sites is 1. The normalized spacial score (nSPS) is 12.4. The third-order valence-electron chi connectivity index (χ3n) is 4.82. The largest absolute Gasteiger partial charge is 0.479 e. The second kappa shape index (κ2) is 7.20. The minimum atomic E-state index is -0.582. The fourth-order valence-electron chi connectivity index (χ4n) is 3.47. The second-order valence-corrected chi connectivity index (χ2v) is 6.86. The molecule has 11 heteroatoms. The number of benzene rings is 1. The number of fused-ring (bicyclic) bond motifs is 2. The number of nitrogens with zero attached hydrogens (tertiary/aromatic N) is 6. The number of anilines is 2. The number of nitrogens with two attached hydrogens (primary N) is 1. The Morgan fingerprint density at radius 3 is 2.74 bits per heavy atom. The monoisotopic (exact) mass is 419 g/mol. The van der Waals surface area contributed by atoms with Gasteiger partial charge in [0.15, 0.2) is 22.9 Å². The van der Waals surface area contributed by atoms with Crippen LogP contribution in [0.5, 0.6) is 5.88 Å². The summed E-state index contributed by atoms with van der Waals surface area (Å²) in [4.78, 5) is 24.6. The number of hydrogen-bond donors (Lipinski definition) is 3. The molecule has 0 fully saturated rings. The zero-order valence-electron chi connectivity index (χ0n) is 16.7. The summed E-state index contributed by atoms with van der Waals surface area (Å²) in [6, 6.07) is 10.5. The molecule has 5 aromatic rings. The number of imidazole rings is 2. The maximum Gasteiger partial charge on any atom is 0.252 e. The molecule has 0 saturated heterocycles. The predicted molar refractivity (Wildman–Crippen MR) is 114 cm³/mol. The summed E-state index contributed by atoms with van der Waals surface area (Å²) in [5.74, 6) is 0.485. The molecular formula is C20H18FN9O. The maximum atomic E-state index is 14.3. The molecule has 0 bridgehead atoms. The first-order valence-corrected chi connectivity index (χ1v) is 9.46. The Balaban J connectivity index is 1.67. The lowest BCUT2D eigenvalue weighted by molar-refractivity contribution is 0.371. The fraction of sp³-hybridized carbons (Fsp3) is 0.150. The standard InChI is InChI=1S/C20H18FN9O/c1-10(25-16-14-15(24-9-23-14)27-20(22)28-16)17-26-13-8-12(21)19(31-2)29-18(13)30(17)11-6-4-3-5-7-11/h3-10H,1-2H3,(H4,22,23,24,25,27,28)/t10-/m0/s1. The highest BCUT2D eigenvalue weighted by atomic mass is 19.1. The molecule has 1 aromatic carbocycles. The van der Waals surface area contributed by atoms with Crippen molar-refractivity contribution < 1.29 is 9.13 Å².